The fraction of sp³-hybridized carbons (Fsp3) is 0.269. The normalized spacial score (nSPS) is 15.6. The molecule has 2 atom stereocenters. The Labute approximate surface area is 230 Å². The van der Waals surface area contributed by atoms with Crippen LogP contribution in [0.2, 0.25) is 5.02 Å². The van der Waals surface area contributed by atoms with Crippen LogP contribution in [0.3, 0.4) is 0 Å². The Morgan fingerprint density at radius 2 is 1.79 bits per heavy atom. The van der Waals surface area contributed by atoms with Gasteiger partial charge in [0.15, 0.2) is 5.82 Å². The number of halogens is 1. The van der Waals surface area contributed by atoms with Crippen molar-refractivity contribution in [1.29, 1.82) is 0 Å². The standard InChI is InChI=1S/C26H26ClN7O4S/c1-15(39(36,37)38)24-26-31-30-16(2)34(26)22-10-7-18(19-12-28-33(13-19)14-23(35)32(3)4)11-21(22)25(29-24)17-5-8-20(27)9-6-17/h5-13,15,24H,14H2,1-4H3,(H,36,37,38)/t15-,24?/m1/s1. The molecule has 5 rings (SSSR count). The second-order valence-corrected chi connectivity index (χ2v) is 11.7. The molecule has 11 nitrogen and oxygen atoms in total. The van der Waals surface area contributed by atoms with Crippen molar-refractivity contribution in [2.75, 3.05) is 14.1 Å². The predicted octanol–water partition coefficient (Wildman–Crippen LogP) is 3.35. The predicted molar refractivity (Wildman–Crippen MR) is 147 cm³/mol. The minimum absolute atomic E-state index is 0.0849. The van der Waals surface area contributed by atoms with Crippen molar-refractivity contribution in [3.05, 3.63) is 82.7 Å². The van der Waals surface area contributed by atoms with Gasteiger partial charge in [-0.15, -0.1) is 10.2 Å². The molecule has 39 heavy (non-hydrogen) atoms. The molecule has 4 aromatic rings. The van der Waals surface area contributed by atoms with Gasteiger partial charge in [0.2, 0.25) is 5.91 Å². The molecule has 2 aromatic carbocycles. The van der Waals surface area contributed by atoms with Gasteiger partial charge in [0.1, 0.15) is 23.7 Å². The van der Waals surface area contributed by atoms with E-state index < -0.39 is 21.4 Å². The van der Waals surface area contributed by atoms with Crippen LogP contribution in [0.15, 0.2) is 59.9 Å². The van der Waals surface area contributed by atoms with Crippen molar-refractivity contribution in [1.82, 2.24) is 29.4 Å². The zero-order valence-corrected chi connectivity index (χ0v) is 23.2. The fourth-order valence-corrected chi connectivity index (χ4v) is 5.06. The second kappa shape index (κ2) is 10.0. The summed E-state index contributed by atoms with van der Waals surface area (Å²) in [6.45, 7) is 3.26. The van der Waals surface area contributed by atoms with E-state index >= 15 is 0 Å². The van der Waals surface area contributed by atoms with E-state index in [0.29, 0.717) is 39.2 Å². The number of nitrogens with zero attached hydrogens (tertiary/aromatic N) is 7. The van der Waals surface area contributed by atoms with Crippen LogP contribution in [0.1, 0.15) is 35.7 Å². The van der Waals surface area contributed by atoms with Gasteiger partial charge >= 0.3 is 0 Å². The molecule has 0 radical (unpaired) electrons. The Bertz CT molecular complexity index is 1710. The average molecular weight is 568 g/mol. The third-order valence-electron chi connectivity index (χ3n) is 6.67. The van der Waals surface area contributed by atoms with Crippen molar-refractivity contribution in [2.45, 2.75) is 31.7 Å². The number of benzene rings is 2. The van der Waals surface area contributed by atoms with E-state index in [1.165, 1.54) is 11.8 Å². The molecule has 0 saturated heterocycles. The molecule has 1 aliphatic rings. The molecule has 0 aliphatic carbocycles. The first-order valence-corrected chi connectivity index (χ1v) is 13.9. The Balaban J connectivity index is 1.71. The molecular weight excluding hydrogens is 542 g/mol. The largest absolute Gasteiger partial charge is 0.347 e. The van der Waals surface area contributed by atoms with Gasteiger partial charge in [-0.05, 0) is 43.7 Å². The van der Waals surface area contributed by atoms with Gasteiger partial charge in [-0.3, -0.25) is 23.6 Å². The maximum atomic E-state index is 12.3. The Kier molecular flexibility index (Phi) is 6.87. The smallest absolute Gasteiger partial charge is 0.270 e. The second-order valence-electron chi connectivity index (χ2n) is 9.54. The number of carbonyl (C=O) groups is 1. The number of hydrogen-bond acceptors (Lipinski definition) is 7. The highest BCUT2D eigenvalue weighted by Gasteiger charge is 2.37. The van der Waals surface area contributed by atoms with Gasteiger partial charge in [-0.25, -0.2) is 0 Å². The maximum absolute atomic E-state index is 12.3. The van der Waals surface area contributed by atoms with Crippen LogP contribution in [-0.2, 0) is 21.5 Å². The number of fused-ring (bicyclic) bond motifs is 3. The minimum Gasteiger partial charge on any atom is -0.347 e. The first-order chi connectivity index (χ1) is 18.4. The fourth-order valence-electron chi connectivity index (χ4n) is 4.43. The van der Waals surface area contributed by atoms with Crippen LogP contribution in [0.4, 0.5) is 0 Å². The molecular formula is C26H26ClN7O4S. The number of aromatic nitrogens is 5. The molecule has 0 spiro atoms. The quantitative estimate of drug-likeness (QED) is 0.353. The number of likely N-dealkylation sites (N-methyl/N-ethyl adjacent to an activating group) is 1. The Morgan fingerprint density at radius 3 is 2.46 bits per heavy atom. The molecule has 1 amide bonds. The van der Waals surface area contributed by atoms with Crippen molar-refractivity contribution in [3.63, 3.8) is 0 Å². The SMILES string of the molecule is Cc1nnc2n1-c1ccc(-c3cnn(CC(=O)N(C)C)c3)cc1C(c1ccc(Cl)cc1)=NC2[C@@H](C)S(=O)(=O)O. The van der Waals surface area contributed by atoms with E-state index in [1.807, 2.05) is 18.2 Å². The minimum atomic E-state index is -4.47. The summed E-state index contributed by atoms with van der Waals surface area (Å²) < 4.78 is 37.8. The van der Waals surface area contributed by atoms with E-state index in [-0.39, 0.29) is 12.5 Å². The van der Waals surface area contributed by atoms with Crippen molar-refractivity contribution >= 4 is 33.3 Å². The van der Waals surface area contributed by atoms with Crippen LogP contribution in [0.25, 0.3) is 16.8 Å². The summed E-state index contributed by atoms with van der Waals surface area (Å²) in [7, 11) is -1.09. The highest BCUT2D eigenvalue weighted by molar-refractivity contribution is 7.86. The third-order valence-corrected chi connectivity index (χ3v) is 8.12. The van der Waals surface area contributed by atoms with Gasteiger partial charge in [0, 0.05) is 42.0 Å². The number of hydrogen-bond donors (Lipinski definition) is 1. The monoisotopic (exact) mass is 567 g/mol. The molecule has 0 fully saturated rings. The number of carbonyl (C=O) groups excluding carboxylic acids is 1. The molecule has 13 heteroatoms. The van der Waals surface area contributed by atoms with E-state index in [1.54, 1.807) is 66.9 Å². The molecule has 1 N–H and O–H groups in total. The van der Waals surface area contributed by atoms with E-state index in [2.05, 4.69) is 15.3 Å². The summed E-state index contributed by atoms with van der Waals surface area (Å²) in [6, 6.07) is 11.7. The molecule has 0 saturated carbocycles. The number of aryl methyl sites for hydroxylation is 1. The van der Waals surface area contributed by atoms with E-state index in [9.17, 15) is 17.8 Å². The summed E-state index contributed by atoms with van der Waals surface area (Å²) in [6.07, 6.45) is 3.47. The van der Waals surface area contributed by atoms with Crippen LogP contribution >= 0.6 is 11.6 Å². The topological polar surface area (TPSA) is 136 Å². The van der Waals surface area contributed by atoms with Crippen LogP contribution in [0.5, 0.6) is 0 Å². The van der Waals surface area contributed by atoms with Crippen molar-refractivity contribution in [3.8, 4) is 16.8 Å². The van der Waals surface area contributed by atoms with Crippen LogP contribution in [-0.4, -0.2) is 73.4 Å². The van der Waals surface area contributed by atoms with Gasteiger partial charge in [0.05, 0.1) is 17.6 Å². The highest BCUT2D eigenvalue weighted by Crippen LogP contribution is 2.36. The Morgan fingerprint density at radius 1 is 1.10 bits per heavy atom. The summed E-state index contributed by atoms with van der Waals surface area (Å²) in [4.78, 5) is 18.5. The lowest BCUT2D eigenvalue weighted by Gasteiger charge is -2.17. The molecule has 3 heterocycles. The maximum Gasteiger partial charge on any atom is 0.270 e. The third kappa shape index (κ3) is 5.10. The van der Waals surface area contributed by atoms with Gasteiger partial charge < -0.3 is 4.90 Å². The van der Waals surface area contributed by atoms with E-state index in [4.69, 9.17) is 16.6 Å². The van der Waals surface area contributed by atoms with Gasteiger partial charge in [-0.1, -0.05) is 29.8 Å². The number of amides is 1. The highest BCUT2D eigenvalue weighted by atomic mass is 35.5. The van der Waals surface area contributed by atoms with Gasteiger partial charge in [0.25, 0.3) is 10.1 Å². The molecule has 1 aliphatic heterocycles. The van der Waals surface area contributed by atoms with E-state index in [0.717, 1.165) is 11.1 Å². The van der Waals surface area contributed by atoms with Crippen LogP contribution < -0.4 is 0 Å². The van der Waals surface area contributed by atoms with Crippen molar-refractivity contribution in [2.24, 2.45) is 4.99 Å². The number of aliphatic imine (C=N–C) groups is 1. The molecule has 2 aromatic heterocycles. The lowest BCUT2D eigenvalue weighted by Crippen LogP contribution is -2.26. The molecule has 1 unspecified atom stereocenters. The first-order valence-electron chi connectivity index (χ1n) is 12.0. The Hall–Kier alpha value is -3.87. The molecule has 0 bridgehead atoms. The lowest BCUT2D eigenvalue weighted by atomic mass is 9.96. The van der Waals surface area contributed by atoms with Gasteiger partial charge in [-0.2, -0.15) is 13.5 Å². The first kappa shape index (κ1) is 26.7. The molecule has 202 valence electrons. The zero-order valence-electron chi connectivity index (χ0n) is 21.6. The van der Waals surface area contributed by atoms with Crippen molar-refractivity contribution < 1.29 is 17.8 Å². The zero-order chi connectivity index (χ0) is 28.1. The summed E-state index contributed by atoms with van der Waals surface area (Å²) >= 11 is 6.15. The average Bonchev–Trinajstić information content (AvgIpc) is 3.47. The number of rotatable bonds is 6. The van der Waals surface area contributed by atoms with Crippen LogP contribution in [0, 0.1) is 6.92 Å². The summed E-state index contributed by atoms with van der Waals surface area (Å²) in [5.74, 6) is 0.748. The summed E-state index contributed by atoms with van der Waals surface area (Å²) in [5.41, 5.74) is 4.20. The lowest BCUT2D eigenvalue weighted by molar-refractivity contribution is -0.129. The summed E-state index contributed by atoms with van der Waals surface area (Å²) in [5, 5.41) is 12.0.